The Morgan fingerprint density at radius 2 is 1.91 bits per heavy atom. The lowest BCUT2D eigenvalue weighted by atomic mass is 10.2. The van der Waals surface area contributed by atoms with Crippen molar-refractivity contribution in [2.75, 3.05) is 5.32 Å². The molecule has 0 fully saturated rings. The average Bonchev–Trinajstić information content (AvgIpc) is 3.10. The minimum absolute atomic E-state index is 0.0501. The zero-order valence-corrected chi connectivity index (χ0v) is 18.1. The van der Waals surface area contributed by atoms with Crippen molar-refractivity contribution < 1.29 is 22.4 Å². The van der Waals surface area contributed by atoms with Crippen molar-refractivity contribution in [3.8, 4) is 0 Å². The van der Waals surface area contributed by atoms with Gasteiger partial charge < -0.3 is 5.32 Å². The van der Waals surface area contributed by atoms with Gasteiger partial charge >= 0.3 is 6.18 Å². The van der Waals surface area contributed by atoms with E-state index in [0.717, 1.165) is 16.8 Å². The van der Waals surface area contributed by atoms with Crippen molar-refractivity contribution in [2.24, 2.45) is 4.99 Å². The third-order valence-electron chi connectivity index (χ3n) is 4.02. The summed E-state index contributed by atoms with van der Waals surface area (Å²) in [5.74, 6) is -1.89. The van der Waals surface area contributed by atoms with E-state index in [1.54, 1.807) is 12.1 Å². The Kier molecular flexibility index (Phi) is 7.39. The molecular weight excluding hydrogens is 485 g/mol. The number of hydrogen-bond donors (Lipinski definition) is 2. The third kappa shape index (κ3) is 6.56. The van der Waals surface area contributed by atoms with E-state index in [2.05, 4.69) is 27.3 Å². The number of halogens is 6. The number of alkyl halides is 3. The van der Waals surface area contributed by atoms with E-state index in [4.69, 9.17) is 23.2 Å². The van der Waals surface area contributed by atoms with E-state index in [0.29, 0.717) is 11.1 Å². The Hall–Kier alpha value is -3.37. The molecule has 2 aromatic carbocycles. The van der Waals surface area contributed by atoms with Gasteiger partial charge in [-0.05, 0) is 36.4 Å². The second-order valence-electron chi connectivity index (χ2n) is 6.56. The third-order valence-corrected chi connectivity index (χ3v) is 4.47. The van der Waals surface area contributed by atoms with Crippen molar-refractivity contribution >= 4 is 46.6 Å². The standard InChI is InChI=1S/C21H15Cl2F4N5O/c1-2-6-32-18(11-17(31-32)21(25,26)27)29-20(28-16-9-14(23)8-15(24)10-16)30-19(33)12-4-3-5-13(22)7-12/h2-5,7-11H,1,6H2,(H2,28,29,30,33). The number of aromatic nitrogens is 2. The van der Waals surface area contributed by atoms with E-state index >= 15 is 0 Å². The number of rotatable bonds is 5. The smallest absolute Gasteiger partial charge is 0.325 e. The first-order chi connectivity index (χ1) is 15.5. The Morgan fingerprint density at radius 3 is 2.55 bits per heavy atom. The fraction of sp³-hybridized carbons (Fsp3) is 0.0952. The van der Waals surface area contributed by atoms with Gasteiger partial charge in [-0.3, -0.25) is 10.1 Å². The lowest BCUT2D eigenvalue weighted by Crippen LogP contribution is -2.36. The van der Waals surface area contributed by atoms with Crippen molar-refractivity contribution in [2.45, 2.75) is 12.7 Å². The fourth-order valence-electron chi connectivity index (χ4n) is 2.67. The Morgan fingerprint density at radius 1 is 1.15 bits per heavy atom. The summed E-state index contributed by atoms with van der Waals surface area (Å²) in [5.41, 5.74) is -0.932. The number of anilines is 1. The van der Waals surface area contributed by atoms with Crippen LogP contribution in [-0.2, 0) is 12.7 Å². The number of benzene rings is 2. The summed E-state index contributed by atoms with van der Waals surface area (Å²) in [6.45, 7) is 3.40. The number of carbonyl (C=O) groups is 1. The molecule has 0 saturated carbocycles. The lowest BCUT2D eigenvalue weighted by Gasteiger charge is -2.13. The van der Waals surface area contributed by atoms with E-state index in [9.17, 15) is 22.4 Å². The molecule has 3 aromatic rings. The van der Waals surface area contributed by atoms with Gasteiger partial charge in [0.1, 0.15) is 5.82 Å². The topological polar surface area (TPSA) is 71.3 Å². The normalized spacial score (nSPS) is 11.9. The van der Waals surface area contributed by atoms with Crippen LogP contribution in [0.3, 0.4) is 0 Å². The van der Waals surface area contributed by atoms with Crippen LogP contribution >= 0.6 is 23.2 Å². The summed E-state index contributed by atoms with van der Waals surface area (Å²) in [4.78, 5) is 16.8. The second kappa shape index (κ2) is 10.1. The first-order valence-corrected chi connectivity index (χ1v) is 9.95. The molecule has 6 nitrogen and oxygen atoms in total. The molecular formula is C21H15Cl2F4N5O. The van der Waals surface area contributed by atoms with Crippen molar-refractivity contribution in [3.63, 3.8) is 0 Å². The minimum Gasteiger partial charge on any atom is -0.325 e. The Balaban J connectivity index is 2.04. The quantitative estimate of drug-likeness (QED) is 0.194. The number of allylic oxidation sites excluding steroid dienone is 1. The molecule has 0 aliphatic carbocycles. The zero-order valence-electron chi connectivity index (χ0n) is 16.6. The molecule has 172 valence electrons. The molecule has 0 radical (unpaired) electrons. The zero-order chi connectivity index (χ0) is 24.2. The molecule has 3 rings (SSSR count). The molecule has 0 spiro atoms. The minimum atomic E-state index is -4.72. The van der Waals surface area contributed by atoms with Gasteiger partial charge in [-0.15, -0.1) is 6.58 Å². The van der Waals surface area contributed by atoms with Gasteiger partial charge in [0.25, 0.3) is 5.91 Å². The van der Waals surface area contributed by atoms with Crippen molar-refractivity contribution in [1.29, 1.82) is 0 Å². The highest BCUT2D eigenvalue weighted by atomic mass is 35.5. The molecule has 1 heterocycles. The number of guanidine groups is 1. The summed E-state index contributed by atoms with van der Waals surface area (Å²) in [6.07, 6.45) is -3.39. The molecule has 0 unspecified atom stereocenters. The van der Waals surface area contributed by atoms with Crippen LogP contribution in [0.2, 0.25) is 10.0 Å². The Bertz CT molecular complexity index is 1200. The van der Waals surface area contributed by atoms with Crippen LogP contribution in [0.1, 0.15) is 16.1 Å². The summed E-state index contributed by atoms with van der Waals surface area (Å²) in [5, 5.41) is 8.92. The van der Waals surface area contributed by atoms with Gasteiger partial charge in [-0.1, -0.05) is 35.3 Å². The highest BCUT2D eigenvalue weighted by Crippen LogP contribution is 2.31. The first kappa shape index (κ1) is 24.3. The number of nitrogens with zero attached hydrogens (tertiary/aromatic N) is 3. The van der Waals surface area contributed by atoms with Crippen LogP contribution in [0.15, 0.2) is 66.2 Å². The van der Waals surface area contributed by atoms with Gasteiger partial charge in [0, 0.05) is 27.4 Å². The number of aliphatic imine (C=N–C) groups is 1. The number of carbonyl (C=O) groups excluding carboxylic acids is 1. The lowest BCUT2D eigenvalue weighted by molar-refractivity contribution is -0.141. The molecule has 0 aliphatic rings. The molecule has 2 N–H and O–H groups in total. The number of amides is 1. The number of nitrogens with one attached hydrogen (secondary N) is 2. The van der Waals surface area contributed by atoms with Crippen molar-refractivity contribution in [1.82, 2.24) is 15.1 Å². The van der Waals surface area contributed by atoms with Crippen LogP contribution in [0.25, 0.3) is 0 Å². The van der Waals surface area contributed by atoms with Crippen LogP contribution in [0, 0.1) is 5.82 Å². The van der Waals surface area contributed by atoms with E-state index in [1.165, 1.54) is 24.3 Å². The fourth-order valence-corrected chi connectivity index (χ4v) is 3.08. The maximum atomic E-state index is 13.8. The van der Waals surface area contributed by atoms with E-state index < -0.39 is 23.6 Å². The summed E-state index contributed by atoms with van der Waals surface area (Å²) in [7, 11) is 0. The van der Waals surface area contributed by atoms with Crippen molar-refractivity contribution in [3.05, 3.63) is 88.3 Å². The predicted molar refractivity (Wildman–Crippen MR) is 118 cm³/mol. The first-order valence-electron chi connectivity index (χ1n) is 9.20. The van der Waals surface area contributed by atoms with E-state index in [-0.39, 0.29) is 34.6 Å². The SMILES string of the molecule is C=CCn1nc(C(F)(F)F)cc1N=C(NC(=O)c1cccc(Cl)c1)Nc1cc(F)cc(Cl)c1. The van der Waals surface area contributed by atoms with E-state index in [1.807, 2.05) is 0 Å². The number of hydrogen-bond acceptors (Lipinski definition) is 3. The maximum Gasteiger partial charge on any atom is 0.435 e. The van der Waals surface area contributed by atoms with Gasteiger partial charge in [0.05, 0.1) is 6.54 Å². The second-order valence-corrected chi connectivity index (χ2v) is 7.44. The molecule has 33 heavy (non-hydrogen) atoms. The summed E-state index contributed by atoms with van der Waals surface area (Å²) >= 11 is 11.8. The van der Waals surface area contributed by atoms with Crippen LogP contribution in [0.4, 0.5) is 29.1 Å². The molecule has 12 heteroatoms. The summed E-state index contributed by atoms with van der Waals surface area (Å²) < 4.78 is 54.2. The van der Waals surface area contributed by atoms with Gasteiger partial charge in [0.2, 0.25) is 5.96 Å². The van der Waals surface area contributed by atoms with Gasteiger partial charge in [-0.25, -0.2) is 9.07 Å². The van der Waals surface area contributed by atoms with Crippen LogP contribution < -0.4 is 10.6 Å². The Labute approximate surface area is 195 Å². The average molecular weight is 500 g/mol. The molecule has 1 aromatic heterocycles. The predicted octanol–water partition coefficient (Wildman–Crippen LogP) is 6.06. The molecule has 0 aliphatic heterocycles. The molecule has 0 atom stereocenters. The highest BCUT2D eigenvalue weighted by molar-refractivity contribution is 6.31. The molecule has 1 amide bonds. The monoisotopic (exact) mass is 499 g/mol. The molecule has 0 bridgehead atoms. The van der Waals surface area contributed by atoms with Crippen LogP contribution in [0.5, 0.6) is 0 Å². The van der Waals surface area contributed by atoms with Gasteiger partial charge in [-0.2, -0.15) is 23.3 Å². The largest absolute Gasteiger partial charge is 0.435 e. The summed E-state index contributed by atoms with van der Waals surface area (Å²) in [6, 6.07) is 10.1. The molecule has 0 saturated heterocycles. The van der Waals surface area contributed by atoms with Crippen LogP contribution in [-0.4, -0.2) is 21.6 Å². The maximum absolute atomic E-state index is 13.8. The highest BCUT2D eigenvalue weighted by Gasteiger charge is 2.35. The van der Waals surface area contributed by atoms with Gasteiger partial charge in [0.15, 0.2) is 11.5 Å².